The van der Waals surface area contributed by atoms with E-state index >= 15 is 0 Å². The number of nitrogens with one attached hydrogen (secondary N) is 1. The number of rotatable bonds is 6. The Morgan fingerprint density at radius 3 is 2.71 bits per heavy atom. The first-order chi connectivity index (χ1) is 13.4. The minimum Gasteiger partial charge on any atom is -0.341 e. The first kappa shape index (κ1) is 20.5. The van der Waals surface area contributed by atoms with Crippen molar-refractivity contribution in [1.29, 1.82) is 0 Å². The number of anilines is 1. The summed E-state index contributed by atoms with van der Waals surface area (Å²) < 4.78 is 0. The number of aryl methyl sites for hydroxylation is 2. The van der Waals surface area contributed by atoms with Crippen LogP contribution in [0.1, 0.15) is 29.0 Å². The van der Waals surface area contributed by atoms with Crippen LogP contribution in [0.4, 0.5) is 5.13 Å². The number of nitrogens with zero attached hydrogens (tertiary/aromatic N) is 3. The number of thiazole rings is 1. The number of piperidine rings is 1. The van der Waals surface area contributed by atoms with Crippen molar-refractivity contribution in [2.75, 3.05) is 32.0 Å². The Bertz CT molecular complexity index is 802. The van der Waals surface area contributed by atoms with Crippen LogP contribution in [0.5, 0.6) is 0 Å². The molecule has 0 saturated carbocycles. The van der Waals surface area contributed by atoms with Crippen molar-refractivity contribution in [1.82, 2.24) is 14.8 Å². The minimum absolute atomic E-state index is 0.0559. The molecule has 1 aromatic heterocycles. The predicted octanol–water partition coefficient (Wildman–Crippen LogP) is 3.07. The van der Waals surface area contributed by atoms with Gasteiger partial charge in [-0.05, 0) is 38.8 Å². The molecule has 0 spiro atoms. The third kappa shape index (κ3) is 5.39. The predicted molar refractivity (Wildman–Crippen MR) is 112 cm³/mol. The molecule has 2 amide bonds. The van der Waals surface area contributed by atoms with E-state index < -0.39 is 0 Å². The molecule has 0 radical (unpaired) electrons. The van der Waals surface area contributed by atoms with Crippen molar-refractivity contribution in [2.45, 2.75) is 33.2 Å². The third-order valence-corrected chi connectivity index (χ3v) is 6.12. The second kappa shape index (κ2) is 9.30. The summed E-state index contributed by atoms with van der Waals surface area (Å²) in [5.74, 6) is 0.0271. The quantitative estimate of drug-likeness (QED) is 0.809. The summed E-state index contributed by atoms with van der Waals surface area (Å²) >= 11 is 1.49. The third-order valence-electron chi connectivity index (χ3n) is 5.14. The Morgan fingerprint density at radius 2 is 2.04 bits per heavy atom. The van der Waals surface area contributed by atoms with Gasteiger partial charge in [0.15, 0.2) is 5.13 Å². The molecule has 1 aromatic carbocycles. The number of hydrogen-bond donors (Lipinski definition) is 1. The summed E-state index contributed by atoms with van der Waals surface area (Å²) in [6, 6.07) is 10.0. The fraction of sp³-hybridized carbons (Fsp3) is 0.476. The lowest BCUT2D eigenvalue weighted by molar-refractivity contribution is -0.137. The van der Waals surface area contributed by atoms with Crippen molar-refractivity contribution in [2.24, 2.45) is 5.92 Å². The van der Waals surface area contributed by atoms with Gasteiger partial charge in [0.2, 0.25) is 11.8 Å². The highest BCUT2D eigenvalue weighted by Gasteiger charge is 2.29. The molecule has 1 aliphatic heterocycles. The van der Waals surface area contributed by atoms with Gasteiger partial charge in [0, 0.05) is 25.0 Å². The van der Waals surface area contributed by atoms with Crippen molar-refractivity contribution in [3.63, 3.8) is 0 Å². The first-order valence-corrected chi connectivity index (χ1v) is 10.5. The van der Waals surface area contributed by atoms with Crippen molar-refractivity contribution < 1.29 is 9.59 Å². The monoisotopic (exact) mass is 400 g/mol. The molecule has 2 aromatic rings. The summed E-state index contributed by atoms with van der Waals surface area (Å²) in [5, 5.41) is 3.53. The van der Waals surface area contributed by atoms with E-state index in [9.17, 15) is 9.59 Å². The van der Waals surface area contributed by atoms with Gasteiger partial charge < -0.3 is 10.2 Å². The summed E-state index contributed by atoms with van der Waals surface area (Å²) in [7, 11) is 1.86. The summed E-state index contributed by atoms with van der Waals surface area (Å²) in [6.45, 7) is 6.31. The van der Waals surface area contributed by atoms with Crippen LogP contribution in [-0.4, -0.2) is 53.3 Å². The maximum atomic E-state index is 12.9. The fourth-order valence-corrected chi connectivity index (χ4v) is 4.37. The molecule has 1 fully saturated rings. The van der Waals surface area contributed by atoms with E-state index in [1.807, 2.05) is 51.2 Å². The molecule has 6 nitrogen and oxygen atoms in total. The lowest BCUT2D eigenvalue weighted by atomic mass is 9.96. The van der Waals surface area contributed by atoms with Crippen molar-refractivity contribution >= 4 is 28.3 Å². The molecular weight excluding hydrogens is 372 g/mol. The number of carbonyl (C=O) groups excluding carboxylic acids is 2. The average Bonchev–Trinajstić information content (AvgIpc) is 2.99. The first-order valence-electron chi connectivity index (χ1n) is 9.67. The van der Waals surface area contributed by atoms with Crippen LogP contribution in [0.3, 0.4) is 0 Å². The van der Waals surface area contributed by atoms with E-state index in [4.69, 9.17) is 0 Å². The van der Waals surface area contributed by atoms with Gasteiger partial charge in [0.25, 0.3) is 0 Å². The zero-order chi connectivity index (χ0) is 20.1. The van der Waals surface area contributed by atoms with Crippen LogP contribution in [0.2, 0.25) is 0 Å². The maximum absolute atomic E-state index is 12.9. The topological polar surface area (TPSA) is 65.5 Å². The summed E-state index contributed by atoms with van der Waals surface area (Å²) in [6.07, 6.45) is 1.80. The zero-order valence-electron chi connectivity index (χ0n) is 16.8. The van der Waals surface area contributed by atoms with Gasteiger partial charge in [-0.25, -0.2) is 4.98 Å². The van der Waals surface area contributed by atoms with E-state index in [-0.39, 0.29) is 17.7 Å². The zero-order valence-corrected chi connectivity index (χ0v) is 17.6. The Kier molecular flexibility index (Phi) is 6.80. The molecule has 2 heterocycles. The average molecular weight is 401 g/mol. The van der Waals surface area contributed by atoms with Crippen LogP contribution in [-0.2, 0) is 16.1 Å². The highest BCUT2D eigenvalue weighted by Crippen LogP contribution is 2.22. The van der Waals surface area contributed by atoms with Crippen molar-refractivity contribution in [3.05, 3.63) is 46.5 Å². The molecule has 7 heteroatoms. The van der Waals surface area contributed by atoms with Crippen LogP contribution in [0, 0.1) is 19.8 Å². The molecule has 3 rings (SSSR count). The number of benzene rings is 1. The molecule has 28 heavy (non-hydrogen) atoms. The highest BCUT2D eigenvalue weighted by molar-refractivity contribution is 7.15. The maximum Gasteiger partial charge on any atom is 0.240 e. The van der Waals surface area contributed by atoms with E-state index in [1.54, 1.807) is 4.90 Å². The molecule has 0 aliphatic carbocycles. The molecule has 1 unspecified atom stereocenters. The lowest BCUT2D eigenvalue weighted by Gasteiger charge is -2.33. The molecular formula is C21H28N4O2S. The Balaban J connectivity index is 1.51. The smallest absolute Gasteiger partial charge is 0.240 e. The van der Waals surface area contributed by atoms with Crippen LogP contribution in [0.15, 0.2) is 30.3 Å². The lowest BCUT2D eigenvalue weighted by Crippen LogP contribution is -2.45. The second-order valence-corrected chi connectivity index (χ2v) is 8.67. The number of amides is 2. The summed E-state index contributed by atoms with van der Waals surface area (Å²) in [4.78, 5) is 34.6. The van der Waals surface area contributed by atoms with E-state index in [1.165, 1.54) is 11.3 Å². The standard InChI is InChI=1S/C21H28N4O2S/c1-15-16(2)28-21(22-15)23-19(26)14-25-11-7-10-18(13-25)20(27)24(3)12-17-8-5-4-6-9-17/h4-6,8-9,18H,7,10-14H2,1-3H3,(H,22,23,26). The van der Waals surface area contributed by atoms with Crippen LogP contribution < -0.4 is 5.32 Å². The van der Waals surface area contributed by atoms with Gasteiger partial charge in [-0.3, -0.25) is 14.5 Å². The fourth-order valence-electron chi connectivity index (χ4n) is 3.54. The SMILES string of the molecule is Cc1nc(NC(=O)CN2CCCC(C(=O)N(C)Cc3ccccc3)C2)sc1C. The van der Waals surface area contributed by atoms with Crippen LogP contribution in [0.25, 0.3) is 0 Å². The van der Waals surface area contributed by atoms with E-state index in [0.717, 1.165) is 35.5 Å². The number of hydrogen-bond acceptors (Lipinski definition) is 5. The van der Waals surface area contributed by atoms with E-state index in [0.29, 0.717) is 24.8 Å². The second-order valence-electron chi connectivity index (χ2n) is 7.46. The Labute approximate surface area is 170 Å². The van der Waals surface area contributed by atoms with Gasteiger partial charge in [-0.15, -0.1) is 11.3 Å². The van der Waals surface area contributed by atoms with Gasteiger partial charge in [0.05, 0.1) is 18.2 Å². The van der Waals surface area contributed by atoms with Gasteiger partial charge >= 0.3 is 0 Å². The molecule has 1 saturated heterocycles. The highest BCUT2D eigenvalue weighted by atomic mass is 32.1. The number of carbonyl (C=O) groups is 2. The molecule has 1 aliphatic rings. The number of aromatic nitrogens is 1. The summed E-state index contributed by atoms with van der Waals surface area (Å²) in [5.41, 5.74) is 2.07. The molecule has 150 valence electrons. The molecule has 1 atom stereocenters. The Morgan fingerprint density at radius 1 is 1.29 bits per heavy atom. The largest absolute Gasteiger partial charge is 0.341 e. The van der Waals surface area contributed by atoms with Gasteiger partial charge in [-0.1, -0.05) is 30.3 Å². The Hall–Kier alpha value is -2.25. The van der Waals surface area contributed by atoms with Gasteiger partial charge in [0.1, 0.15) is 0 Å². The normalized spacial score (nSPS) is 17.3. The van der Waals surface area contributed by atoms with Crippen LogP contribution >= 0.6 is 11.3 Å². The van der Waals surface area contributed by atoms with Gasteiger partial charge in [-0.2, -0.15) is 0 Å². The van der Waals surface area contributed by atoms with E-state index in [2.05, 4.69) is 15.2 Å². The van der Waals surface area contributed by atoms with Crippen molar-refractivity contribution in [3.8, 4) is 0 Å². The molecule has 1 N–H and O–H groups in total. The molecule has 0 bridgehead atoms. The number of likely N-dealkylation sites (tertiary alicyclic amines) is 1. The minimum atomic E-state index is -0.0699.